The van der Waals surface area contributed by atoms with Gasteiger partial charge >= 0.3 is 5.97 Å². The van der Waals surface area contributed by atoms with Gasteiger partial charge in [-0.15, -0.1) is 0 Å². The Bertz CT molecular complexity index is 1240. The molecule has 0 saturated heterocycles. The molecule has 0 radical (unpaired) electrons. The molecule has 3 N–H and O–H groups in total. The highest BCUT2D eigenvalue weighted by Gasteiger charge is 2.39. The molecule has 1 aliphatic heterocycles. The fourth-order valence-electron chi connectivity index (χ4n) is 3.72. The van der Waals surface area contributed by atoms with E-state index in [9.17, 15) is 14.3 Å². The highest BCUT2D eigenvalue weighted by molar-refractivity contribution is 7.71. The van der Waals surface area contributed by atoms with Crippen LogP contribution >= 0.6 is 7.37 Å². The number of hydrogen-bond acceptors (Lipinski definition) is 5. The maximum atomic E-state index is 13.6. The van der Waals surface area contributed by atoms with Crippen LogP contribution in [0.15, 0.2) is 76.6 Å². The third kappa shape index (κ3) is 3.74. The zero-order valence-electron chi connectivity index (χ0n) is 17.0. The molecule has 0 aromatic heterocycles. The molecule has 158 valence electrons. The standard InChI is InChI=1S/C23H21N2O5P/c1-24-15-5-9-18-20(11-15)31(28,29)21-12-16(25-2)6-10-19(21)23(18)14-3-7-17(8-4-14)30-13-22(26)27/h3-12,24H,13H2,1-2H3,(H,26,27)(H,28,29). The Kier molecular flexibility index (Phi) is 5.39. The number of allylic oxidation sites excluding steroid dienone is 5. The second-order valence-electron chi connectivity index (χ2n) is 7.06. The first kappa shape index (κ1) is 20.8. The molecule has 1 heterocycles. The third-order valence-electron chi connectivity index (χ3n) is 5.22. The van der Waals surface area contributed by atoms with Gasteiger partial charge in [-0.05, 0) is 58.7 Å². The number of nitrogens with zero attached hydrogens (tertiary/aromatic N) is 1. The van der Waals surface area contributed by atoms with E-state index >= 15 is 0 Å². The van der Waals surface area contributed by atoms with Crippen molar-refractivity contribution in [2.24, 2.45) is 4.99 Å². The van der Waals surface area contributed by atoms with Crippen LogP contribution in [0.2, 0.25) is 0 Å². The van der Waals surface area contributed by atoms with E-state index in [2.05, 4.69) is 10.3 Å². The number of aliphatic carboxylic acids is 1. The van der Waals surface area contributed by atoms with Gasteiger partial charge in [-0.2, -0.15) is 0 Å². The quantitative estimate of drug-likeness (QED) is 0.620. The Morgan fingerprint density at radius 3 is 2.55 bits per heavy atom. The van der Waals surface area contributed by atoms with Crippen molar-refractivity contribution in [1.82, 2.24) is 0 Å². The summed E-state index contributed by atoms with van der Waals surface area (Å²) in [7, 11) is -0.448. The fraction of sp³-hybridized carbons (Fsp3) is 0.130. The van der Waals surface area contributed by atoms with Gasteiger partial charge in [0.05, 0.1) is 16.3 Å². The molecule has 2 aromatic rings. The largest absolute Gasteiger partial charge is 0.482 e. The van der Waals surface area contributed by atoms with Gasteiger partial charge in [-0.25, -0.2) is 4.79 Å². The van der Waals surface area contributed by atoms with Gasteiger partial charge in [0, 0.05) is 19.8 Å². The molecule has 7 nitrogen and oxygen atoms in total. The van der Waals surface area contributed by atoms with Gasteiger partial charge in [0.2, 0.25) is 0 Å². The first-order chi connectivity index (χ1) is 14.8. The summed E-state index contributed by atoms with van der Waals surface area (Å²) in [4.78, 5) is 26.0. The number of nitrogens with one attached hydrogen (secondary N) is 1. The fourth-order valence-corrected chi connectivity index (χ4v) is 5.63. The lowest BCUT2D eigenvalue weighted by Crippen LogP contribution is -2.21. The number of carbonyl (C=O) groups is 1. The van der Waals surface area contributed by atoms with Crippen molar-refractivity contribution < 1.29 is 24.1 Å². The molecular weight excluding hydrogens is 415 g/mol. The predicted octanol–water partition coefficient (Wildman–Crippen LogP) is 3.43. The first-order valence-electron chi connectivity index (χ1n) is 9.57. The van der Waals surface area contributed by atoms with Crippen LogP contribution in [0, 0.1) is 0 Å². The molecule has 31 heavy (non-hydrogen) atoms. The maximum absolute atomic E-state index is 13.6. The summed E-state index contributed by atoms with van der Waals surface area (Å²) >= 11 is 0. The van der Waals surface area contributed by atoms with Gasteiger partial charge < -0.3 is 20.1 Å². The lowest BCUT2D eigenvalue weighted by molar-refractivity contribution is -0.139. The first-order valence-corrected chi connectivity index (χ1v) is 11.2. The van der Waals surface area contributed by atoms with Gasteiger partial charge in [-0.3, -0.25) is 9.56 Å². The smallest absolute Gasteiger partial charge is 0.341 e. The number of rotatable bonds is 5. The Morgan fingerprint density at radius 1 is 1.16 bits per heavy atom. The van der Waals surface area contributed by atoms with Gasteiger partial charge in [0.25, 0.3) is 7.37 Å². The minimum Gasteiger partial charge on any atom is -0.482 e. The molecule has 8 heteroatoms. The summed E-state index contributed by atoms with van der Waals surface area (Å²) in [6, 6.07) is 12.4. The van der Waals surface area contributed by atoms with E-state index in [1.165, 1.54) is 0 Å². The zero-order valence-corrected chi connectivity index (χ0v) is 17.9. The third-order valence-corrected chi connectivity index (χ3v) is 7.27. The van der Waals surface area contributed by atoms with E-state index in [1.807, 2.05) is 36.4 Å². The number of aliphatic imine (C=N–C) groups is 1. The Labute approximate surface area is 179 Å². The molecule has 2 aliphatic rings. The number of carboxylic acid groups (broad SMARTS) is 1. The van der Waals surface area contributed by atoms with Crippen molar-refractivity contribution in [3.8, 4) is 5.75 Å². The van der Waals surface area contributed by atoms with Gasteiger partial charge in [0.15, 0.2) is 6.61 Å². The van der Waals surface area contributed by atoms with E-state index in [-0.39, 0.29) is 0 Å². The minimum atomic E-state index is -3.85. The Balaban J connectivity index is 1.91. The Hall–Kier alpha value is -3.41. The van der Waals surface area contributed by atoms with Crippen LogP contribution in [0.25, 0.3) is 5.57 Å². The molecule has 1 unspecified atom stereocenters. The van der Waals surface area contributed by atoms with Crippen LogP contribution in [0.1, 0.15) is 11.1 Å². The molecule has 4 rings (SSSR count). The molecule has 0 saturated carbocycles. The SMILES string of the molecule is CN=C1C=CC2=C(c3ccc(OCC(=O)O)cc3)c3ccc(NC)cc3P(=O)(O)C2=C1. The molecule has 1 aliphatic carbocycles. The summed E-state index contributed by atoms with van der Waals surface area (Å²) in [6.45, 7) is -0.425. The summed E-state index contributed by atoms with van der Waals surface area (Å²) in [5, 5.41) is 12.5. The Morgan fingerprint density at radius 2 is 1.90 bits per heavy atom. The van der Waals surface area contributed by atoms with Crippen LogP contribution < -0.4 is 15.4 Å². The van der Waals surface area contributed by atoms with Crippen LogP contribution in [-0.4, -0.2) is 42.4 Å². The van der Waals surface area contributed by atoms with Crippen LogP contribution in [0.3, 0.4) is 0 Å². The van der Waals surface area contributed by atoms with E-state index < -0.39 is 19.9 Å². The highest BCUT2D eigenvalue weighted by atomic mass is 31.2. The molecule has 1 atom stereocenters. The van der Waals surface area contributed by atoms with Gasteiger partial charge in [-0.1, -0.05) is 24.3 Å². The van der Waals surface area contributed by atoms with Crippen molar-refractivity contribution in [1.29, 1.82) is 0 Å². The molecule has 0 amide bonds. The second kappa shape index (κ2) is 8.02. The number of hydrogen-bond donors (Lipinski definition) is 3. The van der Waals surface area contributed by atoms with Crippen molar-refractivity contribution in [2.45, 2.75) is 0 Å². The summed E-state index contributed by atoms with van der Waals surface area (Å²) in [5.74, 6) is -0.619. The average molecular weight is 436 g/mol. The summed E-state index contributed by atoms with van der Waals surface area (Å²) in [6.07, 6.45) is 5.30. The lowest BCUT2D eigenvalue weighted by atomic mass is 9.90. The molecule has 0 bridgehead atoms. The number of fused-ring (bicyclic) bond motifs is 2. The average Bonchev–Trinajstić information content (AvgIpc) is 2.78. The van der Waals surface area contributed by atoms with Crippen molar-refractivity contribution in [3.63, 3.8) is 0 Å². The van der Waals surface area contributed by atoms with Crippen molar-refractivity contribution in [3.05, 3.63) is 82.7 Å². The van der Waals surface area contributed by atoms with Crippen LogP contribution in [0.4, 0.5) is 5.69 Å². The molecular formula is C23H21N2O5P. The molecule has 0 fully saturated rings. The number of carboxylic acids is 1. The van der Waals surface area contributed by atoms with E-state index in [0.29, 0.717) is 33.2 Å². The minimum absolute atomic E-state index is 0.345. The lowest BCUT2D eigenvalue weighted by Gasteiger charge is -2.30. The van der Waals surface area contributed by atoms with E-state index in [1.54, 1.807) is 38.4 Å². The molecule has 2 aromatic carbocycles. The monoisotopic (exact) mass is 436 g/mol. The normalized spacial score (nSPS) is 20.7. The van der Waals surface area contributed by atoms with Crippen LogP contribution in [0.5, 0.6) is 5.75 Å². The maximum Gasteiger partial charge on any atom is 0.341 e. The van der Waals surface area contributed by atoms with E-state index in [0.717, 1.165) is 16.8 Å². The predicted molar refractivity (Wildman–Crippen MR) is 122 cm³/mol. The molecule has 0 spiro atoms. The summed E-state index contributed by atoms with van der Waals surface area (Å²) in [5.41, 5.74) is 4.35. The van der Waals surface area contributed by atoms with E-state index in [4.69, 9.17) is 9.84 Å². The number of ether oxygens (including phenoxy) is 1. The van der Waals surface area contributed by atoms with Gasteiger partial charge in [0.1, 0.15) is 5.75 Å². The van der Waals surface area contributed by atoms with Crippen LogP contribution in [-0.2, 0) is 9.36 Å². The number of benzene rings is 2. The zero-order chi connectivity index (χ0) is 22.2. The second-order valence-corrected chi connectivity index (χ2v) is 9.18. The summed E-state index contributed by atoms with van der Waals surface area (Å²) < 4.78 is 18.8. The number of anilines is 1. The van der Waals surface area contributed by atoms with Crippen molar-refractivity contribution >= 4 is 35.6 Å². The van der Waals surface area contributed by atoms with Crippen molar-refractivity contribution in [2.75, 3.05) is 26.0 Å². The highest BCUT2D eigenvalue weighted by Crippen LogP contribution is 2.59. The topological polar surface area (TPSA) is 108 Å².